The number of amides is 5. The molecule has 2 N–H and O–H groups in total. The number of aromatic amines is 1. The highest BCUT2D eigenvalue weighted by atomic mass is 16.2. The number of nitrogens with zero attached hydrogens (tertiary/aromatic N) is 4. The van der Waals surface area contributed by atoms with Gasteiger partial charge in [-0.15, -0.1) is 0 Å². The Morgan fingerprint density at radius 3 is 2.46 bits per heavy atom. The van der Waals surface area contributed by atoms with Crippen molar-refractivity contribution < 1.29 is 19.2 Å². The van der Waals surface area contributed by atoms with Gasteiger partial charge in [0.2, 0.25) is 5.91 Å². The Kier molecular flexibility index (Phi) is 6.65. The number of nitrogens with one attached hydrogen (secondary N) is 2. The average Bonchev–Trinajstić information content (AvgIpc) is 3.45. The molecule has 0 bridgehead atoms. The van der Waals surface area contributed by atoms with Crippen LogP contribution in [0.4, 0.5) is 10.5 Å². The quantitative estimate of drug-likeness (QED) is 0.490. The first-order valence-corrected chi connectivity index (χ1v) is 13.3. The summed E-state index contributed by atoms with van der Waals surface area (Å²) in [6.45, 7) is 8.18. The van der Waals surface area contributed by atoms with Crippen molar-refractivity contribution in [3.05, 3.63) is 59.3 Å². The van der Waals surface area contributed by atoms with E-state index in [-0.39, 0.29) is 29.7 Å². The summed E-state index contributed by atoms with van der Waals surface area (Å²) in [5.41, 5.74) is 2.74. The first-order chi connectivity index (χ1) is 18.5. The number of hydrogen-bond acceptors (Lipinski definition) is 5. The van der Waals surface area contributed by atoms with Crippen LogP contribution in [-0.4, -0.2) is 75.5 Å². The third-order valence-electron chi connectivity index (χ3n) is 8.05. The van der Waals surface area contributed by atoms with Crippen LogP contribution < -0.4 is 10.2 Å². The molecular formula is C29H34N6O4. The lowest BCUT2D eigenvalue weighted by Crippen LogP contribution is -2.60. The molecule has 1 atom stereocenters. The van der Waals surface area contributed by atoms with E-state index < -0.39 is 11.6 Å². The van der Waals surface area contributed by atoms with Crippen LogP contribution in [0.15, 0.2) is 42.6 Å². The molecule has 0 aliphatic carbocycles. The number of aryl methyl sites for hydroxylation is 2. The van der Waals surface area contributed by atoms with Gasteiger partial charge in [0.15, 0.2) is 0 Å². The van der Waals surface area contributed by atoms with Crippen molar-refractivity contribution in [3.8, 4) is 0 Å². The number of rotatable bonds is 5. The van der Waals surface area contributed by atoms with Crippen LogP contribution in [0.25, 0.3) is 10.9 Å². The van der Waals surface area contributed by atoms with Crippen molar-refractivity contribution in [1.29, 1.82) is 0 Å². The third kappa shape index (κ3) is 4.43. The number of fused-ring (bicyclic) bond motifs is 1. The van der Waals surface area contributed by atoms with Crippen molar-refractivity contribution >= 4 is 40.3 Å². The third-order valence-corrected chi connectivity index (χ3v) is 8.05. The van der Waals surface area contributed by atoms with Gasteiger partial charge in [-0.3, -0.25) is 29.3 Å². The average molecular weight is 531 g/mol. The fourth-order valence-corrected chi connectivity index (χ4v) is 5.70. The Morgan fingerprint density at radius 1 is 1.05 bits per heavy atom. The fraction of sp³-hybridized carbons (Fsp3) is 0.414. The first kappa shape index (κ1) is 26.4. The summed E-state index contributed by atoms with van der Waals surface area (Å²) in [4.78, 5) is 58.0. The highest BCUT2D eigenvalue weighted by Crippen LogP contribution is 2.41. The number of hydrogen-bond donors (Lipinski definition) is 2. The second-order valence-electron chi connectivity index (χ2n) is 11.0. The first-order valence-electron chi connectivity index (χ1n) is 13.3. The lowest BCUT2D eigenvalue weighted by Gasteiger charge is -2.43. The summed E-state index contributed by atoms with van der Waals surface area (Å²) in [6, 6.07) is 10.1. The van der Waals surface area contributed by atoms with E-state index in [1.807, 2.05) is 64.1 Å². The number of piperidine rings is 1. The highest BCUT2D eigenvalue weighted by Gasteiger charge is 2.58. The molecule has 39 heavy (non-hydrogen) atoms. The van der Waals surface area contributed by atoms with Gasteiger partial charge in [-0.2, -0.15) is 5.10 Å². The molecule has 0 unspecified atom stereocenters. The maximum absolute atomic E-state index is 13.7. The van der Waals surface area contributed by atoms with Gasteiger partial charge in [-0.25, -0.2) is 4.79 Å². The SMILES string of the molecule is Cc1ccc(C)c(C(=O)N[C@@H](C(=O)N2CCC3(CC2)C(=O)N(C)C(=O)N3c2ccc3[nH]ncc3c2)C(C)C)c1. The normalized spacial score (nSPS) is 17.9. The van der Waals surface area contributed by atoms with Crippen LogP contribution in [0.1, 0.15) is 48.2 Å². The predicted molar refractivity (Wildman–Crippen MR) is 147 cm³/mol. The van der Waals surface area contributed by atoms with Crippen LogP contribution in [-0.2, 0) is 9.59 Å². The van der Waals surface area contributed by atoms with Crippen LogP contribution >= 0.6 is 0 Å². The lowest BCUT2D eigenvalue weighted by molar-refractivity contribution is -0.139. The summed E-state index contributed by atoms with van der Waals surface area (Å²) in [5, 5.41) is 10.7. The van der Waals surface area contributed by atoms with Gasteiger partial charge in [-0.05, 0) is 62.4 Å². The summed E-state index contributed by atoms with van der Waals surface area (Å²) in [5.74, 6) is -0.872. The summed E-state index contributed by atoms with van der Waals surface area (Å²) in [7, 11) is 1.50. The number of likely N-dealkylation sites (N-methyl/N-ethyl adjacent to an activating group) is 1. The van der Waals surface area contributed by atoms with Gasteiger partial charge < -0.3 is 10.2 Å². The number of carbonyl (C=O) groups excluding carboxylic acids is 4. The van der Waals surface area contributed by atoms with E-state index in [0.717, 1.165) is 22.0 Å². The van der Waals surface area contributed by atoms with Gasteiger partial charge in [-0.1, -0.05) is 31.5 Å². The van der Waals surface area contributed by atoms with E-state index in [9.17, 15) is 19.2 Å². The van der Waals surface area contributed by atoms with Crippen molar-refractivity contribution in [1.82, 2.24) is 25.3 Å². The zero-order valence-electron chi connectivity index (χ0n) is 22.9. The molecule has 0 radical (unpaired) electrons. The van der Waals surface area contributed by atoms with Gasteiger partial charge in [0.25, 0.3) is 11.8 Å². The molecule has 5 rings (SSSR count). The van der Waals surface area contributed by atoms with Gasteiger partial charge in [0.05, 0.1) is 11.7 Å². The Labute approximate surface area is 227 Å². The molecule has 10 heteroatoms. The van der Waals surface area contributed by atoms with Crippen LogP contribution in [0.3, 0.4) is 0 Å². The number of urea groups is 1. The summed E-state index contributed by atoms with van der Waals surface area (Å²) >= 11 is 0. The topological polar surface area (TPSA) is 119 Å². The summed E-state index contributed by atoms with van der Waals surface area (Å²) in [6.07, 6.45) is 2.27. The van der Waals surface area contributed by atoms with Gasteiger partial charge >= 0.3 is 6.03 Å². The van der Waals surface area contributed by atoms with E-state index in [1.54, 1.807) is 16.0 Å². The maximum atomic E-state index is 13.7. The molecule has 1 spiro atoms. The number of anilines is 1. The van der Waals surface area contributed by atoms with E-state index in [0.29, 0.717) is 37.2 Å². The van der Waals surface area contributed by atoms with E-state index in [2.05, 4.69) is 15.5 Å². The van der Waals surface area contributed by atoms with Gasteiger partial charge in [0.1, 0.15) is 11.6 Å². The molecular weight excluding hydrogens is 496 g/mol. The van der Waals surface area contributed by atoms with Gasteiger partial charge in [0, 0.05) is 36.8 Å². The van der Waals surface area contributed by atoms with E-state index >= 15 is 0 Å². The minimum Gasteiger partial charge on any atom is -0.341 e. The standard InChI is InChI=1S/C29H34N6O4/c1-17(2)24(31-25(36)22-14-18(3)6-7-19(22)4)26(37)34-12-10-29(11-13-34)27(38)33(5)28(39)35(29)21-8-9-23-20(15-21)16-30-32-23/h6-9,14-17,24H,10-13H2,1-5H3,(H,30,32)(H,31,36)/t24-/m1/s1. The van der Waals surface area contributed by atoms with Crippen LogP contribution in [0.5, 0.6) is 0 Å². The van der Waals surface area contributed by atoms with E-state index in [1.165, 1.54) is 11.9 Å². The van der Waals surface area contributed by atoms with Crippen molar-refractivity contribution in [2.75, 3.05) is 25.0 Å². The van der Waals surface area contributed by atoms with Crippen molar-refractivity contribution in [2.24, 2.45) is 5.92 Å². The zero-order chi connectivity index (χ0) is 28.1. The maximum Gasteiger partial charge on any atom is 0.331 e. The molecule has 5 amide bonds. The second kappa shape index (κ2) is 9.83. The molecule has 1 aromatic heterocycles. The molecule has 2 saturated heterocycles. The number of H-pyrrole nitrogens is 1. The molecule has 2 aliphatic heterocycles. The number of carbonyl (C=O) groups is 4. The minimum atomic E-state index is -1.07. The Hall–Kier alpha value is -4.21. The zero-order valence-corrected chi connectivity index (χ0v) is 22.9. The van der Waals surface area contributed by atoms with E-state index in [4.69, 9.17) is 0 Å². The Morgan fingerprint density at radius 2 is 1.77 bits per heavy atom. The Bertz CT molecular complexity index is 1470. The molecule has 2 fully saturated rings. The van der Waals surface area contributed by atoms with Crippen LogP contribution in [0, 0.1) is 19.8 Å². The molecule has 3 heterocycles. The highest BCUT2D eigenvalue weighted by molar-refractivity contribution is 6.17. The number of aromatic nitrogens is 2. The largest absolute Gasteiger partial charge is 0.341 e. The fourth-order valence-electron chi connectivity index (χ4n) is 5.70. The summed E-state index contributed by atoms with van der Waals surface area (Å²) < 4.78 is 0. The number of imide groups is 1. The Balaban J connectivity index is 1.36. The molecule has 2 aromatic carbocycles. The molecule has 0 saturated carbocycles. The molecule has 2 aliphatic rings. The second-order valence-corrected chi connectivity index (χ2v) is 11.0. The minimum absolute atomic E-state index is 0.138. The molecule has 3 aromatic rings. The van der Waals surface area contributed by atoms with Crippen molar-refractivity contribution in [2.45, 2.75) is 52.1 Å². The predicted octanol–water partition coefficient (Wildman–Crippen LogP) is 3.39. The van der Waals surface area contributed by atoms with Crippen molar-refractivity contribution in [3.63, 3.8) is 0 Å². The molecule has 204 valence electrons. The number of likely N-dealkylation sites (tertiary alicyclic amines) is 1. The monoisotopic (exact) mass is 530 g/mol. The number of benzene rings is 2. The smallest absolute Gasteiger partial charge is 0.331 e. The van der Waals surface area contributed by atoms with Crippen LogP contribution in [0.2, 0.25) is 0 Å². The molecule has 10 nitrogen and oxygen atoms in total. The lowest BCUT2D eigenvalue weighted by atomic mass is 9.85.